The van der Waals surface area contributed by atoms with Crippen molar-refractivity contribution in [2.24, 2.45) is 0 Å². The summed E-state index contributed by atoms with van der Waals surface area (Å²) < 4.78 is 5.48. The van der Waals surface area contributed by atoms with Crippen molar-refractivity contribution in [3.8, 4) is 0 Å². The maximum absolute atomic E-state index is 12.5. The average molecular weight is 1110 g/mol. The highest BCUT2D eigenvalue weighted by molar-refractivity contribution is 5.76. The van der Waals surface area contributed by atoms with E-state index in [1.807, 2.05) is 0 Å². The molecule has 2 atom stereocenters. The Labute approximate surface area is 494 Å². The molecule has 0 heterocycles. The standard InChI is InChI=1S/C73H139NO5/c1-3-5-7-9-11-13-15-17-18-35-38-42-45-49-53-57-61-65-71(76)70(69-75)74-72(77)66-62-58-54-50-46-43-39-36-33-31-29-27-25-23-21-19-20-22-24-26-28-30-32-34-37-40-44-48-52-56-60-64-68-79-73(78)67-63-59-55-51-47-41-16-14-12-10-8-6-4-2/h8,10,14,16,22,24,70-71,75-76H,3-7,9,11-13,15,17-21,23,25-69H2,1-2H3,(H,74,77)/b10-8-,16-14-,24-22-. The number of aliphatic hydroxyl groups excluding tert-OH is 2. The number of unbranched alkanes of at least 4 members (excludes halogenated alkanes) is 50. The molecule has 0 radical (unpaired) electrons. The number of carbonyl (C=O) groups excluding carboxylic acids is 2. The van der Waals surface area contributed by atoms with Crippen LogP contribution in [0.1, 0.15) is 393 Å². The predicted octanol–water partition coefficient (Wildman–Crippen LogP) is 23.1. The number of esters is 1. The molecule has 0 aliphatic heterocycles. The second-order valence-corrected chi connectivity index (χ2v) is 24.6. The van der Waals surface area contributed by atoms with Crippen LogP contribution < -0.4 is 5.32 Å². The minimum absolute atomic E-state index is 0.00309. The lowest BCUT2D eigenvalue weighted by molar-refractivity contribution is -0.143. The van der Waals surface area contributed by atoms with Gasteiger partial charge in [0.2, 0.25) is 5.91 Å². The van der Waals surface area contributed by atoms with E-state index >= 15 is 0 Å². The predicted molar refractivity (Wildman–Crippen MR) is 347 cm³/mol. The van der Waals surface area contributed by atoms with Gasteiger partial charge in [0.25, 0.3) is 0 Å². The highest BCUT2D eigenvalue weighted by atomic mass is 16.5. The summed E-state index contributed by atoms with van der Waals surface area (Å²) in [6.07, 6.45) is 87.7. The van der Waals surface area contributed by atoms with Gasteiger partial charge in [-0.3, -0.25) is 9.59 Å². The first-order valence-corrected chi connectivity index (χ1v) is 35.7. The molecule has 0 aromatic carbocycles. The van der Waals surface area contributed by atoms with Gasteiger partial charge in [-0.1, -0.05) is 339 Å². The molecule has 3 N–H and O–H groups in total. The summed E-state index contributed by atoms with van der Waals surface area (Å²) in [5, 5.41) is 23.4. The first-order valence-electron chi connectivity index (χ1n) is 35.7. The van der Waals surface area contributed by atoms with Crippen molar-refractivity contribution < 1.29 is 24.5 Å². The van der Waals surface area contributed by atoms with E-state index in [-0.39, 0.29) is 18.5 Å². The Hall–Kier alpha value is -1.92. The van der Waals surface area contributed by atoms with Gasteiger partial charge in [-0.05, 0) is 77.0 Å². The van der Waals surface area contributed by atoms with E-state index in [4.69, 9.17) is 4.74 Å². The molecule has 0 rings (SSSR count). The number of allylic oxidation sites excluding steroid dienone is 6. The summed E-state index contributed by atoms with van der Waals surface area (Å²) >= 11 is 0. The zero-order valence-corrected chi connectivity index (χ0v) is 53.4. The molecule has 79 heavy (non-hydrogen) atoms. The Morgan fingerprint density at radius 3 is 1.03 bits per heavy atom. The first kappa shape index (κ1) is 77.1. The fourth-order valence-electron chi connectivity index (χ4n) is 11.2. The molecular weight excluding hydrogens is 971 g/mol. The van der Waals surface area contributed by atoms with Gasteiger partial charge in [0.15, 0.2) is 0 Å². The highest BCUT2D eigenvalue weighted by Gasteiger charge is 2.20. The topological polar surface area (TPSA) is 95.9 Å². The number of ether oxygens (including phenoxy) is 1. The van der Waals surface area contributed by atoms with E-state index in [0.29, 0.717) is 25.9 Å². The molecule has 6 heteroatoms. The highest BCUT2D eigenvalue weighted by Crippen LogP contribution is 2.19. The molecule has 0 aromatic rings. The number of hydrogen-bond acceptors (Lipinski definition) is 5. The maximum atomic E-state index is 12.5. The molecule has 0 aliphatic carbocycles. The van der Waals surface area contributed by atoms with Crippen LogP contribution in [0.5, 0.6) is 0 Å². The maximum Gasteiger partial charge on any atom is 0.305 e. The molecule has 2 unspecified atom stereocenters. The van der Waals surface area contributed by atoms with Crippen molar-refractivity contribution in [2.45, 2.75) is 405 Å². The average Bonchev–Trinajstić information content (AvgIpc) is 3.45. The van der Waals surface area contributed by atoms with Crippen LogP contribution >= 0.6 is 0 Å². The van der Waals surface area contributed by atoms with Crippen LogP contribution in [-0.2, 0) is 14.3 Å². The quantitative estimate of drug-likeness (QED) is 0.0320. The molecule has 0 saturated heterocycles. The summed E-state index contributed by atoms with van der Waals surface area (Å²) in [5.74, 6) is -0.0260. The normalized spacial score (nSPS) is 12.7. The molecule has 0 aliphatic rings. The smallest absolute Gasteiger partial charge is 0.305 e. The number of rotatable bonds is 67. The number of aliphatic hydroxyl groups is 2. The minimum Gasteiger partial charge on any atom is -0.466 e. The third-order valence-corrected chi connectivity index (χ3v) is 16.6. The van der Waals surface area contributed by atoms with Crippen molar-refractivity contribution in [3.05, 3.63) is 36.5 Å². The number of carbonyl (C=O) groups is 2. The Bertz CT molecular complexity index is 1280. The van der Waals surface area contributed by atoms with E-state index < -0.39 is 12.1 Å². The van der Waals surface area contributed by atoms with Gasteiger partial charge in [0.1, 0.15) is 0 Å². The van der Waals surface area contributed by atoms with Gasteiger partial charge in [0.05, 0.1) is 25.4 Å². The molecule has 0 spiro atoms. The van der Waals surface area contributed by atoms with Crippen LogP contribution in [-0.4, -0.2) is 47.4 Å². The van der Waals surface area contributed by atoms with Gasteiger partial charge in [-0.25, -0.2) is 0 Å². The molecule has 6 nitrogen and oxygen atoms in total. The van der Waals surface area contributed by atoms with Gasteiger partial charge in [-0.15, -0.1) is 0 Å². The van der Waals surface area contributed by atoms with Crippen LogP contribution in [0.4, 0.5) is 0 Å². The van der Waals surface area contributed by atoms with Gasteiger partial charge >= 0.3 is 5.97 Å². The van der Waals surface area contributed by atoms with Crippen LogP contribution in [0, 0.1) is 0 Å². The molecule has 1 amide bonds. The van der Waals surface area contributed by atoms with Crippen LogP contribution in [0.3, 0.4) is 0 Å². The van der Waals surface area contributed by atoms with E-state index in [1.54, 1.807) is 0 Å². The minimum atomic E-state index is -0.663. The Morgan fingerprint density at radius 2 is 0.658 bits per heavy atom. The summed E-state index contributed by atoms with van der Waals surface area (Å²) in [6, 6.07) is -0.540. The second-order valence-electron chi connectivity index (χ2n) is 24.6. The third-order valence-electron chi connectivity index (χ3n) is 16.6. The Morgan fingerprint density at radius 1 is 0.354 bits per heavy atom. The summed E-state index contributed by atoms with van der Waals surface area (Å²) in [4.78, 5) is 24.6. The lowest BCUT2D eigenvalue weighted by Crippen LogP contribution is -2.45. The lowest BCUT2D eigenvalue weighted by Gasteiger charge is -2.22. The zero-order chi connectivity index (χ0) is 57.1. The molecule has 0 fully saturated rings. The number of amides is 1. The second kappa shape index (κ2) is 68.6. The van der Waals surface area contributed by atoms with Crippen molar-refractivity contribution in [1.82, 2.24) is 5.32 Å². The largest absolute Gasteiger partial charge is 0.466 e. The fraction of sp³-hybridized carbons (Fsp3) is 0.890. The number of hydrogen-bond donors (Lipinski definition) is 3. The molecule has 466 valence electrons. The van der Waals surface area contributed by atoms with Crippen LogP contribution in [0.15, 0.2) is 36.5 Å². The molecular formula is C73H139NO5. The van der Waals surface area contributed by atoms with Crippen molar-refractivity contribution >= 4 is 11.9 Å². The monoisotopic (exact) mass is 1110 g/mol. The van der Waals surface area contributed by atoms with Gasteiger partial charge in [0, 0.05) is 12.8 Å². The third kappa shape index (κ3) is 65.1. The Balaban J connectivity index is 3.36. The molecule has 0 bridgehead atoms. The summed E-state index contributed by atoms with van der Waals surface area (Å²) in [6.45, 7) is 4.92. The molecule has 0 aromatic heterocycles. The van der Waals surface area contributed by atoms with Crippen molar-refractivity contribution in [3.63, 3.8) is 0 Å². The number of nitrogens with one attached hydrogen (secondary N) is 1. The zero-order valence-electron chi connectivity index (χ0n) is 53.4. The van der Waals surface area contributed by atoms with Crippen LogP contribution in [0.2, 0.25) is 0 Å². The lowest BCUT2D eigenvalue weighted by atomic mass is 10.0. The Kier molecular flexibility index (Phi) is 66.9. The van der Waals surface area contributed by atoms with E-state index in [0.717, 1.165) is 51.4 Å². The SMILES string of the molecule is CCC/C=C\C/C=C\CCCCCCCC(=O)OCCCCCCCCCCCCCC/C=C\CCCCCCCCCCCCCCCCCCC(=O)NC(CO)C(O)CCCCCCCCCCCCCCCCCCC. The van der Waals surface area contributed by atoms with Gasteiger partial charge < -0.3 is 20.3 Å². The molecule has 0 saturated carbocycles. The van der Waals surface area contributed by atoms with E-state index in [1.165, 1.54) is 308 Å². The van der Waals surface area contributed by atoms with Crippen molar-refractivity contribution in [2.75, 3.05) is 13.2 Å². The summed E-state index contributed by atoms with van der Waals surface area (Å²) in [7, 11) is 0. The van der Waals surface area contributed by atoms with E-state index in [9.17, 15) is 19.8 Å². The summed E-state index contributed by atoms with van der Waals surface area (Å²) in [5.41, 5.74) is 0. The van der Waals surface area contributed by atoms with Crippen LogP contribution in [0.25, 0.3) is 0 Å². The fourth-order valence-corrected chi connectivity index (χ4v) is 11.2. The first-order chi connectivity index (χ1) is 39.0. The van der Waals surface area contributed by atoms with Gasteiger partial charge in [-0.2, -0.15) is 0 Å². The van der Waals surface area contributed by atoms with E-state index in [2.05, 4.69) is 55.6 Å². The van der Waals surface area contributed by atoms with Crippen molar-refractivity contribution in [1.29, 1.82) is 0 Å².